The number of amides is 2. The quantitative estimate of drug-likeness (QED) is 0.570. The Balaban J connectivity index is 1.81. The molecule has 0 bridgehead atoms. The average molecular weight is 453 g/mol. The highest BCUT2D eigenvalue weighted by molar-refractivity contribution is 6.07. The van der Waals surface area contributed by atoms with Gasteiger partial charge in [0.1, 0.15) is 5.75 Å². The van der Waals surface area contributed by atoms with Gasteiger partial charge in [-0.15, -0.1) is 0 Å². The van der Waals surface area contributed by atoms with Crippen molar-refractivity contribution >= 4 is 23.2 Å². The topological polar surface area (TPSA) is 73.9 Å². The Kier molecular flexibility index (Phi) is 9.13. The van der Waals surface area contributed by atoms with Crippen LogP contribution in [0.15, 0.2) is 42.5 Å². The summed E-state index contributed by atoms with van der Waals surface area (Å²) in [6.07, 6.45) is 3.46. The van der Waals surface area contributed by atoms with E-state index in [4.69, 9.17) is 4.74 Å². The van der Waals surface area contributed by atoms with Crippen molar-refractivity contribution in [3.63, 3.8) is 0 Å². The molecule has 2 N–H and O–H groups in total. The summed E-state index contributed by atoms with van der Waals surface area (Å²) in [5.74, 6) is 0.122. The Morgan fingerprint density at radius 2 is 1.70 bits per heavy atom. The number of carbonyl (C=O) groups excluding carboxylic acids is 2. The lowest BCUT2D eigenvalue weighted by Gasteiger charge is -2.30. The van der Waals surface area contributed by atoms with E-state index in [0.29, 0.717) is 29.1 Å². The van der Waals surface area contributed by atoms with Crippen molar-refractivity contribution in [2.75, 3.05) is 56.6 Å². The lowest BCUT2D eigenvalue weighted by Crippen LogP contribution is -2.36. The van der Waals surface area contributed by atoms with E-state index in [9.17, 15) is 9.59 Å². The van der Waals surface area contributed by atoms with Crippen LogP contribution < -0.4 is 20.3 Å². The van der Waals surface area contributed by atoms with E-state index >= 15 is 0 Å². The van der Waals surface area contributed by atoms with Crippen LogP contribution in [0.4, 0.5) is 11.4 Å². The molecule has 178 valence electrons. The van der Waals surface area contributed by atoms with Gasteiger partial charge < -0.3 is 25.2 Å². The number of hydrogen-bond acceptors (Lipinski definition) is 5. The second-order valence-corrected chi connectivity index (χ2v) is 8.22. The van der Waals surface area contributed by atoms with Crippen molar-refractivity contribution < 1.29 is 14.3 Å². The van der Waals surface area contributed by atoms with E-state index in [1.807, 2.05) is 18.2 Å². The van der Waals surface area contributed by atoms with E-state index in [0.717, 1.165) is 51.3 Å². The molecule has 1 aliphatic rings. The van der Waals surface area contributed by atoms with Crippen LogP contribution in [0.2, 0.25) is 0 Å². The molecular weight excluding hydrogens is 416 g/mol. The van der Waals surface area contributed by atoms with E-state index < -0.39 is 0 Å². The minimum atomic E-state index is -0.272. The average Bonchev–Trinajstić information content (AvgIpc) is 2.87. The Morgan fingerprint density at radius 3 is 2.39 bits per heavy atom. The van der Waals surface area contributed by atoms with Gasteiger partial charge in [-0.2, -0.15) is 0 Å². The van der Waals surface area contributed by atoms with Crippen molar-refractivity contribution in [3.05, 3.63) is 53.6 Å². The fourth-order valence-electron chi connectivity index (χ4n) is 4.20. The highest BCUT2D eigenvalue weighted by Gasteiger charge is 2.20. The molecule has 0 aliphatic carbocycles. The van der Waals surface area contributed by atoms with Crippen molar-refractivity contribution in [2.24, 2.45) is 0 Å². The largest absolute Gasteiger partial charge is 0.496 e. The first-order chi connectivity index (χ1) is 16.1. The van der Waals surface area contributed by atoms with Crippen LogP contribution in [-0.2, 0) is 0 Å². The van der Waals surface area contributed by atoms with E-state index in [1.54, 1.807) is 31.4 Å². The summed E-state index contributed by atoms with van der Waals surface area (Å²) >= 11 is 0. The minimum Gasteiger partial charge on any atom is -0.496 e. The fourth-order valence-corrected chi connectivity index (χ4v) is 4.20. The van der Waals surface area contributed by atoms with Crippen LogP contribution >= 0.6 is 0 Å². The van der Waals surface area contributed by atoms with Crippen LogP contribution in [-0.4, -0.2) is 63.1 Å². The summed E-state index contributed by atoms with van der Waals surface area (Å²) in [6.45, 7) is 9.41. The first-order valence-corrected chi connectivity index (χ1v) is 11.9. The summed E-state index contributed by atoms with van der Waals surface area (Å²) < 4.78 is 5.31. The number of ether oxygens (including phenoxy) is 1. The van der Waals surface area contributed by atoms with Crippen LogP contribution in [0.1, 0.15) is 53.8 Å². The number of anilines is 2. The van der Waals surface area contributed by atoms with E-state index in [1.165, 1.54) is 6.42 Å². The molecule has 1 saturated heterocycles. The van der Waals surface area contributed by atoms with Gasteiger partial charge in [0, 0.05) is 37.6 Å². The molecule has 7 nitrogen and oxygen atoms in total. The van der Waals surface area contributed by atoms with E-state index in [-0.39, 0.29) is 11.8 Å². The van der Waals surface area contributed by atoms with Crippen molar-refractivity contribution in [2.45, 2.75) is 33.1 Å². The number of likely N-dealkylation sites (N-methyl/N-ethyl adjacent to an activating group) is 1. The first-order valence-electron chi connectivity index (χ1n) is 11.9. The number of benzene rings is 2. The zero-order valence-corrected chi connectivity index (χ0v) is 20.0. The summed E-state index contributed by atoms with van der Waals surface area (Å²) in [7, 11) is 1.54. The number of carbonyl (C=O) groups is 2. The third-order valence-corrected chi connectivity index (χ3v) is 6.16. The number of rotatable bonds is 10. The molecule has 2 aromatic carbocycles. The molecule has 3 rings (SSSR count). The molecule has 0 saturated carbocycles. The number of nitrogens with zero attached hydrogens (tertiary/aromatic N) is 2. The Morgan fingerprint density at radius 1 is 0.970 bits per heavy atom. The molecule has 1 fully saturated rings. The number of methoxy groups -OCH3 is 1. The van der Waals surface area contributed by atoms with Gasteiger partial charge in [-0.05, 0) is 62.7 Å². The smallest absolute Gasteiger partial charge is 0.259 e. The number of para-hydroxylation sites is 1. The van der Waals surface area contributed by atoms with Gasteiger partial charge in [-0.1, -0.05) is 26.0 Å². The van der Waals surface area contributed by atoms with Crippen molar-refractivity contribution in [1.82, 2.24) is 10.2 Å². The fraction of sp³-hybridized carbons (Fsp3) is 0.462. The molecule has 33 heavy (non-hydrogen) atoms. The van der Waals surface area contributed by atoms with Crippen molar-refractivity contribution in [1.29, 1.82) is 0 Å². The molecule has 1 aliphatic heterocycles. The second-order valence-electron chi connectivity index (χ2n) is 8.22. The summed E-state index contributed by atoms with van der Waals surface area (Å²) in [5.41, 5.74) is 2.55. The molecule has 2 amide bonds. The minimum absolute atomic E-state index is 0.115. The molecule has 0 atom stereocenters. The highest BCUT2D eigenvalue weighted by atomic mass is 16.5. The van der Waals surface area contributed by atoms with Crippen LogP contribution in [0, 0.1) is 0 Å². The van der Waals surface area contributed by atoms with Gasteiger partial charge in [0.25, 0.3) is 11.8 Å². The zero-order chi connectivity index (χ0) is 23.6. The maximum Gasteiger partial charge on any atom is 0.259 e. The molecule has 2 aromatic rings. The van der Waals surface area contributed by atoms with Gasteiger partial charge in [0.05, 0.1) is 18.2 Å². The lowest BCUT2D eigenvalue weighted by molar-refractivity contribution is 0.0948. The van der Waals surface area contributed by atoms with Gasteiger partial charge in [0.15, 0.2) is 0 Å². The lowest BCUT2D eigenvalue weighted by atomic mass is 10.1. The summed E-state index contributed by atoms with van der Waals surface area (Å²) in [5, 5.41) is 5.99. The third kappa shape index (κ3) is 6.48. The summed E-state index contributed by atoms with van der Waals surface area (Å²) in [4.78, 5) is 30.6. The maximum absolute atomic E-state index is 13.2. The Labute approximate surface area is 197 Å². The normalized spacial score (nSPS) is 13.6. The summed E-state index contributed by atoms with van der Waals surface area (Å²) in [6, 6.07) is 12.7. The van der Waals surface area contributed by atoms with Gasteiger partial charge in [-0.25, -0.2) is 0 Å². The second kappa shape index (κ2) is 12.3. The SMILES string of the molecule is CCN(CC)CCNC(=O)c1cc(NC(=O)c2ccccc2OC)ccc1N1CCCCC1. The predicted molar refractivity (Wildman–Crippen MR) is 134 cm³/mol. The molecule has 0 aromatic heterocycles. The molecule has 1 heterocycles. The Hall–Kier alpha value is -3.06. The molecule has 0 unspecified atom stereocenters. The molecule has 0 spiro atoms. The number of piperidine rings is 1. The maximum atomic E-state index is 13.2. The first kappa shape index (κ1) is 24.6. The van der Waals surface area contributed by atoms with Crippen LogP contribution in [0.3, 0.4) is 0 Å². The van der Waals surface area contributed by atoms with Gasteiger partial charge in [0.2, 0.25) is 0 Å². The molecule has 7 heteroatoms. The monoisotopic (exact) mass is 452 g/mol. The number of hydrogen-bond donors (Lipinski definition) is 2. The number of nitrogens with one attached hydrogen (secondary N) is 2. The highest BCUT2D eigenvalue weighted by Crippen LogP contribution is 2.28. The molecular formula is C26H36N4O3. The standard InChI is InChI=1S/C26H36N4O3/c1-4-29(5-2)18-15-27-25(31)22-19-20(13-14-23(22)30-16-9-6-10-17-30)28-26(32)21-11-7-8-12-24(21)33-3/h7-8,11-14,19H,4-6,9-10,15-18H2,1-3H3,(H,27,31)(H,28,32). The molecule has 0 radical (unpaired) electrons. The zero-order valence-electron chi connectivity index (χ0n) is 20.0. The van der Waals surface area contributed by atoms with E-state index in [2.05, 4.69) is 34.3 Å². The van der Waals surface area contributed by atoms with Crippen LogP contribution in [0.25, 0.3) is 0 Å². The van der Waals surface area contributed by atoms with Crippen molar-refractivity contribution in [3.8, 4) is 5.75 Å². The predicted octanol–water partition coefficient (Wildman–Crippen LogP) is 4.01. The third-order valence-electron chi connectivity index (χ3n) is 6.16. The van der Waals surface area contributed by atoms with Crippen LogP contribution in [0.5, 0.6) is 5.75 Å². The van der Waals surface area contributed by atoms with Gasteiger partial charge in [-0.3, -0.25) is 9.59 Å². The van der Waals surface area contributed by atoms with Gasteiger partial charge >= 0.3 is 0 Å². The Bertz CT molecular complexity index is 937.